The molecule has 1 saturated carbocycles. The third-order valence-electron chi connectivity index (χ3n) is 5.61. The summed E-state index contributed by atoms with van der Waals surface area (Å²) in [4.78, 5) is 27.1. The van der Waals surface area contributed by atoms with Crippen molar-refractivity contribution in [3.8, 4) is 0 Å². The zero-order chi connectivity index (χ0) is 17.8. The number of aryl methyl sites for hydroxylation is 1. The molecule has 1 unspecified atom stereocenters. The standard InChI is InChI=1S/C20H29N3O2/c1-14-8-6-11-17(15(14)2)22-19(24)18-12-7-13-23(18)20(25)21-16-9-4-3-5-10-16/h6,8,11,16,18H,3-5,7,9-10,12-13H2,1-2H3,(H,21,25)(H,22,24). The fraction of sp³-hybridized carbons (Fsp3) is 0.600. The molecule has 25 heavy (non-hydrogen) atoms. The van der Waals surface area contributed by atoms with Gasteiger partial charge in [0.25, 0.3) is 0 Å². The van der Waals surface area contributed by atoms with Gasteiger partial charge in [0, 0.05) is 18.3 Å². The van der Waals surface area contributed by atoms with E-state index in [9.17, 15) is 9.59 Å². The molecule has 0 radical (unpaired) electrons. The lowest BCUT2D eigenvalue weighted by atomic mass is 9.96. The molecule has 136 valence electrons. The van der Waals surface area contributed by atoms with Crippen molar-refractivity contribution in [3.63, 3.8) is 0 Å². The van der Waals surface area contributed by atoms with E-state index in [2.05, 4.69) is 10.6 Å². The van der Waals surface area contributed by atoms with E-state index >= 15 is 0 Å². The molecule has 1 aromatic rings. The number of carbonyl (C=O) groups excluding carboxylic acids is 2. The summed E-state index contributed by atoms with van der Waals surface area (Å²) in [5.41, 5.74) is 3.06. The number of nitrogens with one attached hydrogen (secondary N) is 2. The summed E-state index contributed by atoms with van der Waals surface area (Å²) in [7, 11) is 0. The zero-order valence-electron chi connectivity index (χ0n) is 15.3. The van der Waals surface area contributed by atoms with E-state index in [1.807, 2.05) is 32.0 Å². The second-order valence-electron chi connectivity index (χ2n) is 7.37. The van der Waals surface area contributed by atoms with Crippen LogP contribution in [0.4, 0.5) is 10.5 Å². The van der Waals surface area contributed by atoms with Gasteiger partial charge < -0.3 is 15.5 Å². The second kappa shape index (κ2) is 7.89. The van der Waals surface area contributed by atoms with Crippen molar-refractivity contribution in [2.45, 2.75) is 70.9 Å². The number of carbonyl (C=O) groups is 2. The van der Waals surface area contributed by atoms with Crippen LogP contribution in [-0.2, 0) is 4.79 Å². The maximum absolute atomic E-state index is 12.8. The first-order valence-corrected chi connectivity index (χ1v) is 9.50. The van der Waals surface area contributed by atoms with Crippen LogP contribution in [0.1, 0.15) is 56.1 Å². The van der Waals surface area contributed by atoms with E-state index in [-0.39, 0.29) is 24.0 Å². The van der Waals surface area contributed by atoms with Crippen molar-refractivity contribution < 1.29 is 9.59 Å². The van der Waals surface area contributed by atoms with Crippen LogP contribution in [-0.4, -0.2) is 35.5 Å². The van der Waals surface area contributed by atoms with E-state index in [4.69, 9.17) is 0 Å². The van der Waals surface area contributed by atoms with Gasteiger partial charge in [0.1, 0.15) is 6.04 Å². The summed E-state index contributed by atoms with van der Waals surface area (Å²) in [6, 6.07) is 5.71. The molecule has 2 aliphatic rings. The number of hydrogen-bond donors (Lipinski definition) is 2. The largest absolute Gasteiger partial charge is 0.335 e. The lowest BCUT2D eigenvalue weighted by molar-refractivity contribution is -0.119. The topological polar surface area (TPSA) is 61.4 Å². The first-order chi connectivity index (χ1) is 12.1. The summed E-state index contributed by atoms with van der Waals surface area (Å²) < 4.78 is 0. The van der Waals surface area contributed by atoms with Gasteiger partial charge in [0.2, 0.25) is 5.91 Å². The number of likely N-dealkylation sites (tertiary alicyclic amines) is 1. The molecule has 2 fully saturated rings. The van der Waals surface area contributed by atoms with Crippen LogP contribution in [0.2, 0.25) is 0 Å². The predicted octanol–water partition coefficient (Wildman–Crippen LogP) is 3.75. The van der Waals surface area contributed by atoms with Crippen molar-refractivity contribution in [1.29, 1.82) is 0 Å². The highest BCUT2D eigenvalue weighted by molar-refractivity contribution is 5.98. The van der Waals surface area contributed by atoms with Crippen LogP contribution < -0.4 is 10.6 Å². The normalized spacial score (nSPS) is 21.2. The summed E-state index contributed by atoms with van der Waals surface area (Å²) in [6.45, 7) is 4.70. The van der Waals surface area contributed by atoms with E-state index in [1.165, 1.54) is 19.3 Å². The average Bonchev–Trinajstić information content (AvgIpc) is 3.10. The van der Waals surface area contributed by atoms with Crippen molar-refractivity contribution in [1.82, 2.24) is 10.2 Å². The predicted molar refractivity (Wildman–Crippen MR) is 99.7 cm³/mol. The first kappa shape index (κ1) is 17.8. The Bertz CT molecular complexity index is 638. The SMILES string of the molecule is Cc1cccc(NC(=O)C2CCCN2C(=O)NC2CCCCC2)c1C. The molecule has 1 aliphatic carbocycles. The molecule has 1 saturated heterocycles. The zero-order valence-corrected chi connectivity index (χ0v) is 15.3. The molecular weight excluding hydrogens is 314 g/mol. The van der Waals surface area contributed by atoms with Crippen molar-refractivity contribution in [2.24, 2.45) is 0 Å². The minimum atomic E-state index is -0.372. The lowest BCUT2D eigenvalue weighted by Crippen LogP contribution is -2.50. The molecule has 5 heteroatoms. The van der Waals surface area contributed by atoms with Gasteiger partial charge in [-0.1, -0.05) is 31.4 Å². The molecular formula is C20H29N3O2. The highest BCUT2D eigenvalue weighted by Gasteiger charge is 2.35. The van der Waals surface area contributed by atoms with Crippen molar-refractivity contribution in [2.75, 3.05) is 11.9 Å². The second-order valence-corrected chi connectivity index (χ2v) is 7.37. The van der Waals surface area contributed by atoms with Gasteiger partial charge in [-0.3, -0.25) is 4.79 Å². The average molecular weight is 343 g/mol. The summed E-state index contributed by atoms with van der Waals surface area (Å²) in [5, 5.41) is 6.16. The fourth-order valence-corrected chi connectivity index (χ4v) is 3.89. The molecule has 0 bridgehead atoms. The Balaban J connectivity index is 1.63. The molecule has 1 aromatic carbocycles. The molecule has 1 heterocycles. The molecule has 5 nitrogen and oxygen atoms in total. The maximum Gasteiger partial charge on any atom is 0.318 e. The number of hydrogen-bond acceptors (Lipinski definition) is 2. The Morgan fingerprint density at radius 3 is 2.56 bits per heavy atom. The molecule has 2 N–H and O–H groups in total. The fourth-order valence-electron chi connectivity index (χ4n) is 3.89. The summed E-state index contributed by atoms with van der Waals surface area (Å²) in [5.74, 6) is -0.0787. The van der Waals surface area contributed by atoms with Gasteiger partial charge in [0.05, 0.1) is 0 Å². The van der Waals surface area contributed by atoms with Gasteiger partial charge in [-0.25, -0.2) is 4.79 Å². The number of benzene rings is 1. The molecule has 0 aromatic heterocycles. The number of urea groups is 1. The molecule has 1 atom stereocenters. The van der Waals surface area contributed by atoms with Gasteiger partial charge in [-0.05, 0) is 56.7 Å². The van der Waals surface area contributed by atoms with E-state index in [0.717, 1.165) is 42.5 Å². The quantitative estimate of drug-likeness (QED) is 0.878. The Morgan fingerprint density at radius 2 is 1.80 bits per heavy atom. The first-order valence-electron chi connectivity index (χ1n) is 9.50. The molecule has 3 rings (SSSR count). The van der Waals surface area contributed by atoms with Gasteiger partial charge >= 0.3 is 6.03 Å². The Morgan fingerprint density at radius 1 is 1.04 bits per heavy atom. The van der Waals surface area contributed by atoms with Crippen LogP contribution in [0.25, 0.3) is 0 Å². The Labute approximate surface area is 150 Å². The van der Waals surface area contributed by atoms with Crippen molar-refractivity contribution in [3.05, 3.63) is 29.3 Å². The monoisotopic (exact) mass is 343 g/mol. The Kier molecular flexibility index (Phi) is 5.61. The van der Waals surface area contributed by atoms with Crippen LogP contribution in [0.3, 0.4) is 0 Å². The number of rotatable bonds is 3. The summed E-state index contributed by atoms with van der Waals surface area (Å²) in [6.07, 6.45) is 7.34. The number of nitrogens with zero attached hydrogens (tertiary/aromatic N) is 1. The van der Waals surface area contributed by atoms with Crippen LogP contribution in [0.5, 0.6) is 0 Å². The third kappa shape index (κ3) is 4.14. The van der Waals surface area contributed by atoms with Gasteiger partial charge in [-0.2, -0.15) is 0 Å². The minimum absolute atomic E-state index is 0.0782. The van der Waals surface area contributed by atoms with Gasteiger partial charge in [0.15, 0.2) is 0 Å². The molecule has 1 aliphatic heterocycles. The van der Waals surface area contributed by atoms with Crippen LogP contribution in [0, 0.1) is 13.8 Å². The van der Waals surface area contributed by atoms with Crippen LogP contribution in [0.15, 0.2) is 18.2 Å². The lowest BCUT2D eigenvalue weighted by Gasteiger charge is -2.29. The third-order valence-corrected chi connectivity index (χ3v) is 5.61. The van der Waals surface area contributed by atoms with Crippen LogP contribution >= 0.6 is 0 Å². The Hall–Kier alpha value is -2.04. The smallest absolute Gasteiger partial charge is 0.318 e. The number of amides is 3. The van der Waals surface area contributed by atoms with Gasteiger partial charge in [-0.15, -0.1) is 0 Å². The number of anilines is 1. The molecule has 0 spiro atoms. The summed E-state index contributed by atoms with van der Waals surface area (Å²) >= 11 is 0. The molecule has 3 amide bonds. The van der Waals surface area contributed by atoms with E-state index in [0.29, 0.717) is 6.54 Å². The highest BCUT2D eigenvalue weighted by atomic mass is 16.2. The van der Waals surface area contributed by atoms with E-state index < -0.39 is 0 Å². The minimum Gasteiger partial charge on any atom is -0.335 e. The highest BCUT2D eigenvalue weighted by Crippen LogP contribution is 2.23. The maximum atomic E-state index is 12.8. The van der Waals surface area contributed by atoms with E-state index in [1.54, 1.807) is 4.90 Å². The van der Waals surface area contributed by atoms with Crippen molar-refractivity contribution >= 4 is 17.6 Å².